The number of aliphatic carboxylic acids is 1. The highest BCUT2D eigenvalue weighted by Crippen LogP contribution is 2.28. The number of nitrogens with zero attached hydrogens (tertiary/aromatic N) is 3. The molecule has 0 bridgehead atoms. The van der Waals surface area contributed by atoms with Crippen LogP contribution >= 0.6 is 0 Å². The zero-order valence-electron chi connectivity index (χ0n) is 11.1. The fraction of sp³-hybridized carbons (Fsp3) is 0.273. The average Bonchev–Trinajstić information content (AvgIpc) is 2.37. The quantitative estimate of drug-likeness (QED) is 0.463. The number of hydrogen-bond acceptors (Lipinski definition) is 7. The van der Waals surface area contributed by atoms with E-state index in [0.717, 1.165) is 18.2 Å². The summed E-state index contributed by atoms with van der Waals surface area (Å²) in [5.41, 5.74) is 0.898. The Balaban J connectivity index is 3.19. The van der Waals surface area contributed by atoms with Crippen LogP contribution in [0.3, 0.4) is 0 Å². The summed E-state index contributed by atoms with van der Waals surface area (Å²) in [6.45, 7) is 3.19. The third-order valence-corrected chi connectivity index (χ3v) is 2.45. The normalized spacial score (nSPS) is 11.3. The summed E-state index contributed by atoms with van der Waals surface area (Å²) in [7, 11) is 0. The Morgan fingerprint density at radius 3 is 2.33 bits per heavy atom. The molecule has 2 N–H and O–H groups in total. The van der Waals surface area contributed by atoms with E-state index in [0.29, 0.717) is 0 Å². The van der Waals surface area contributed by atoms with E-state index in [9.17, 15) is 25.0 Å². The molecule has 10 heteroatoms. The van der Waals surface area contributed by atoms with Crippen molar-refractivity contribution in [1.29, 1.82) is 0 Å². The first-order valence-corrected chi connectivity index (χ1v) is 5.73. The fourth-order valence-electron chi connectivity index (χ4n) is 1.42. The average molecular weight is 296 g/mol. The van der Waals surface area contributed by atoms with Gasteiger partial charge in [0.1, 0.15) is 11.4 Å². The summed E-state index contributed by atoms with van der Waals surface area (Å²) in [6.07, 6.45) is 0. The summed E-state index contributed by atoms with van der Waals surface area (Å²) in [5, 5.41) is 34.0. The van der Waals surface area contributed by atoms with Crippen LogP contribution in [0.15, 0.2) is 23.3 Å². The molecule has 0 spiro atoms. The number of carbonyl (C=O) groups is 1. The lowest BCUT2D eigenvalue weighted by Gasteiger charge is -2.06. The van der Waals surface area contributed by atoms with E-state index >= 15 is 0 Å². The SMILES string of the molecule is CC(C)C(=NNc1ccc([N+](=O)[O-])cc1[N+](=O)[O-])C(=O)O. The van der Waals surface area contributed by atoms with Crippen molar-refractivity contribution in [3.8, 4) is 0 Å². The van der Waals surface area contributed by atoms with Gasteiger partial charge >= 0.3 is 11.7 Å². The smallest absolute Gasteiger partial charge is 0.352 e. The predicted molar refractivity (Wildman–Crippen MR) is 73.3 cm³/mol. The van der Waals surface area contributed by atoms with Crippen LogP contribution in [-0.2, 0) is 4.79 Å². The maximum absolute atomic E-state index is 10.9. The zero-order valence-corrected chi connectivity index (χ0v) is 11.1. The number of nitrogens with one attached hydrogen (secondary N) is 1. The number of carboxylic acids is 1. The number of rotatable bonds is 6. The van der Waals surface area contributed by atoms with Crippen LogP contribution in [0, 0.1) is 26.1 Å². The molecule has 0 aliphatic heterocycles. The molecule has 0 amide bonds. The minimum absolute atomic E-state index is 0.134. The van der Waals surface area contributed by atoms with Crippen LogP contribution in [0.25, 0.3) is 0 Å². The number of anilines is 1. The molecule has 112 valence electrons. The summed E-state index contributed by atoms with van der Waals surface area (Å²) in [6, 6.07) is 2.92. The largest absolute Gasteiger partial charge is 0.477 e. The molecule has 0 aromatic heterocycles. The third kappa shape index (κ3) is 3.96. The van der Waals surface area contributed by atoms with Crippen LogP contribution in [0.5, 0.6) is 0 Å². The lowest BCUT2D eigenvalue weighted by molar-refractivity contribution is -0.393. The van der Waals surface area contributed by atoms with E-state index in [1.165, 1.54) is 0 Å². The van der Waals surface area contributed by atoms with Gasteiger partial charge in [0.2, 0.25) is 0 Å². The van der Waals surface area contributed by atoms with E-state index in [2.05, 4.69) is 10.5 Å². The van der Waals surface area contributed by atoms with E-state index < -0.39 is 33.1 Å². The van der Waals surface area contributed by atoms with Crippen molar-refractivity contribution in [2.24, 2.45) is 11.0 Å². The predicted octanol–water partition coefficient (Wildman–Crippen LogP) is 2.01. The molecule has 21 heavy (non-hydrogen) atoms. The highest BCUT2D eigenvalue weighted by Gasteiger charge is 2.20. The first-order valence-electron chi connectivity index (χ1n) is 5.73. The molecule has 1 aromatic carbocycles. The molecule has 0 unspecified atom stereocenters. The molecular formula is C11H12N4O6. The Morgan fingerprint density at radius 1 is 1.29 bits per heavy atom. The van der Waals surface area contributed by atoms with Crippen molar-refractivity contribution in [3.05, 3.63) is 38.4 Å². The number of carboxylic acid groups (broad SMARTS) is 1. The van der Waals surface area contributed by atoms with Crippen LogP contribution in [0.2, 0.25) is 0 Å². The number of nitro benzene ring substituents is 2. The molecule has 0 aliphatic rings. The fourth-order valence-corrected chi connectivity index (χ4v) is 1.42. The Bertz CT molecular complexity index is 625. The van der Waals surface area contributed by atoms with Crippen molar-refractivity contribution < 1.29 is 19.7 Å². The molecule has 0 saturated carbocycles. The topological polar surface area (TPSA) is 148 Å². The van der Waals surface area contributed by atoms with Gasteiger partial charge < -0.3 is 5.11 Å². The Morgan fingerprint density at radius 2 is 1.90 bits per heavy atom. The first-order chi connectivity index (χ1) is 9.73. The molecule has 0 aliphatic carbocycles. The highest BCUT2D eigenvalue weighted by molar-refractivity contribution is 6.36. The molecule has 1 aromatic rings. The standard InChI is InChI=1S/C11H12N4O6/c1-6(2)10(11(16)17)13-12-8-4-3-7(14(18)19)5-9(8)15(20)21/h3-6,12H,1-2H3,(H,16,17). The maximum Gasteiger partial charge on any atom is 0.352 e. The van der Waals surface area contributed by atoms with Crippen LogP contribution < -0.4 is 5.43 Å². The number of non-ortho nitro benzene ring substituents is 1. The Hall–Kier alpha value is -3.04. The van der Waals surface area contributed by atoms with Gasteiger partial charge in [-0.15, -0.1) is 0 Å². The van der Waals surface area contributed by atoms with Crippen molar-refractivity contribution in [2.45, 2.75) is 13.8 Å². The summed E-state index contributed by atoms with van der Waals surface area (Å²) in [4.78, 5) is 30.8. The van der Waals surface area contributed by atoms with Crippen LogP contribution in [0.4, 0.5) is 17.1 Å². The minimum atomic E-state index is -1.26. The third-order valence-electron chi connectivity index (χ3n) is 2.45. The minimum Gasteiger partial charge on any atom is -0.477 e. The van der Waals surface area contributed by atoms with Gasteiger partial charge in [-0.2, -0.15) is 5.10 Å². The van der Waals surface area contributed by atoms with E-state index in [1.807, 2.05) is 0 Å². The van der Waals surface area contributed by atoms with E-state index in [1.54, 1.807) is 13.8 Å². The van der Waals surface area contributed by atoms with Gasteiger partial charge in [-0.25, -0.2) is 4.79 Å². The van der Waals surface area contributed by atoms with Crippen molar-refractivity contribution in [3.63, 3.8) is 0 Å². The molecule has 0 fully saturated rings. The lowest BCUT2D eigenvalue weighted by atomic mass is 10.1. The Labute approximate surface area is 118 Å². The molecular weight excluding hydrogens is 284 g/mol. The summed E-state index contributed by atoms with van der Waals surface area (Å²) < 4.78 is 0. The lowest BCUT2D eigenvalue weighted by Crippen LogP contribution is -2.20. The van der Waals surface area contributed by atoms with Gasteiger partial charge in [-0.05, 0) is 6.07 Å². The van der Waals surface area contributed by atoms with Gasteiger partial charge in [-0.3, -0.25) is 25.7 Å². The number of hydrogen-bond donors (Lipinski definition) is 2. The molecule has 0 radical (unpaired) electrons. The van der Waals surface area contributed by atoms with Crippen LogP contribution in [-0.4, -0.2) is 26.6 Å². The van der Waals surface area contributed by atoms with Crippen molar-refractivity contribution >= 4 is 28.7 Å². The van der Waals surface area contributed by atoms with Crippen molar-refractivity contribution in [2.75, 3.05) is 5.43 Å². The molecule has 1 rings (SSSR count). The van der Waals surface area contributed by atoms with E-state index in [4.69, 9.17) is 5.11 Å². The monoisotopic (exact) mass is 296 g/mol. The molecule has 10 nitrogen and oxygen atoms in total. The molecule has 0 heterocycles. The second kappa shape index (κ2) is 6.41. The second-order valence-electron chi connectivity index (χ2n) is 4.28. The number of hydrazone groups is 1. The van der Waals surface area contributed by atoms with Gasteiger partial charge in [0.25, 0.3) is 5.69 Å². The second-order valence-corrected chi connectivity index (χ2v) is 4.28. The molecule has 0 atom stereocenters. The van der Waals surface area contributed by atoms with Gasteiger partial charge in [0, 0.05) is 12.0 Å². The summed E-state index contributed by atoms with van der Waals surface area (Å²) in [5.74, 6) is -1.67. The number of benzene rings is 1. The summed E-state index contributed by atoms with van der Waals surface area (Å²) >= 11 is 0. The maximum atomic E-state index is 10.9. The first kappa shape index (κ1) is 16.0. The van der Waals surface area contributed by atoms with Crippen molar-refractivity contribution in [1.82, 2.24) is 0 Å². The molecule has 0 saturated heterocycles. The van der Waals surface area contributed by atoms with Gasteiger partial charge in [0.15, 0.2) is 0 Å². The van der Waals surface area contributed by atoms with Crippen LogP contribution in [0.1, 0.15) is 13.8 Å². The van der Waals surface area contributed by atoms with Gasteiger partial charge in [-0.1, -0.05) is 13.8 Å². The Kier molecular flexibility index (Phi) is 4.89. The van der Waals surface area contributed by atoms with E-state index in [-0.39, 0.29) is 11.4 Å². The zero-order chi connectivity index (χ0) is 16.2. The van der Waals surface area contributed by atoms with Gasteiger partial charge in [0.05, 0.1) is 15.9 Å². The number of nitro groups is 2. The highest BCUT2D eigenvalue weighted by atomic mass is 16.6.